The molecular weight excluding hydrogens is 256 g/mol. The smallest absolute Gasteiger partial charge is 0.407 e. The van der Waals surface area contributed by atoms with Gasteiger partial charge in [-0.3, -0.25) is 0 Å². The van der Waals surface area contributed by atoms with E-state index in [0.29, 0.717) is 0 Å². The van der Waals surface area contributed by atoms with Gasteiger partial charge >= 0.3 is 6.09 Å². The summed E-state index contributed by atoms with van der Waals surface area (Å²) in [6.45, 7) is 2.88. The molecule has 1 aliphatic heterocycles. The minimum Gasteiger partial charge on any atom is -0.445 e. The number of hydrogen-bond donors (Lipinski definition) is 3. The zero-order chi connectivity index (χ0) is 14.5. The Labute approximate surface area is 120 Å². The van der Waals surface area contributed by atoms with Gasteiger partial charge in [-0.05, 0) is 31.5 Å². The molecule has 1 saturated heterocycles. The Morgan fingerprint density at radius 3 is 2.40 bits per heavy atom. The lowest BCUT2D eigenvalue weighted by atomic mass is 10.2. The molecule has 0 aromatic heterocycles. The number of rotatable bonds is 4. The lowest BCUT2D eigenvalue weighted by Crippen LogP contribution is -2.26. The first-order chi connectivity index (χ1) is 9.83. The molecule has 112 valence electrons. The molecule has 1 aliphatic rings. The maximum absolute atomic E-state index is 10.9. The molecule has 5 heteroatoms. The minimum atomic E-state index is -0.511. The number of nitrogens with one attached hydrogen (secondary N) is 2. The van der Waals surface area contributed by atoms with Gasteiger partial charge in [0.15, 0.2) is 0 Å². The summed E-state index contributed by atoms with van der Waals surface area (Å²) in [5, 5.41) is 14.1. The van der Waals surface area contributed by atoms with E-state index in [2.05, 4.69) is 10.6 Å². The van der Waals surface area contributed by atoms with Crippen molar-refractivity contribution in [3.63, 3.8) is 0 Å². The molecule has 3 N–H and O–H groups in total. The zero-order valence-electron chi connectivity index (χ0n) is 11.8. The van der Waals surface area contributed by atoms with E-state index in [1.54, 1.807) is 0 Å². The molecule has 0 spiro atoms. The summed E-state index contributed by atoms with van der Waals surface area (Å²) in [7, 11) is 0. The van der Waals surface area contributed by atoms with Crippen molar-refractivity contribution in [1.29, 1.82) is 0 Å². The Balaban J connectivity index is 0.000000276. The van der Waals surface area contributed by atoms with Gasteiger partial charge in [0.05, 0.1) is 6.61 Å². The fraction of sp³-hybridized carbons (Fsp3) is 0.533. The number of ether oxygens (including phenoxy) is 1. The van der Waals surface area contributed by atoms with Crippen molar-refractivity contribution >= 4 is 6.09 Å². The van der Waals surface area contributed by atoms with Crippen molar-refractivity contribution in [1.82, 2.24) is 10.6 Å². The Kier molecular flexibility index (Phi) is 9.26. The van der Waals surface area contributed by atoms with Crippen LogP contribution in [0.25, 0.3) is 0 Å². The van der Waals surface area contributed by atoms with E-state index >= 15 is 0 Å². The van der Waals surface area contributed by atoms with Crippen LogP contribution in [0.3, 0.4) is 0 Å². The molecule has 0 atom stereocenters. The number of benzene rings is 1. The predicted octanol–water partition coefficient (Wildman–Crippen LogP) is 1.66. The molecule has 0 unspecified atom stereocenters. The average Bonchev–Trinajstić information content (AvgIpc) is 2.54. The molecule has 5 nitrogen and oxygen atoms in total. The molecule has 1 aromatic carbocycles. The Morgan fingerprint density at radius 2 is 1.90 bits per heavy atom. The summed E-state index contributed by atoms with van der Waals surface area (Å²) in [6.07, 6.45) is 3.70. The maximum atomic E-state index is 10.9. The lowest BCUT2D eigenvalue weighted by Gasteiger charge is -2.08. The first kappa shape index (κ1) is 16.5. The maximum Gasteiger partial charge on any atom is 0.407 e. The Bertz CT molecular complexity index is 342. The van der Waals surface area contributed by atoms with Crippen LogP contribution >= 0.6 is 0 Å². The number of piperidine rings is 1. The average molecular weight is 280 g/mol. The molecule has 1 amide bonds. The van der Waals surface area contributed by atoms with Gasteiger partial charge in [-0.15, -0.1) is 0 Å². The molecule has 20 heavy (non-hydrogen) atoms. The SMILES string of the molecule is C1CCNCC1.O=C(NCCO)OCc1ccccc1. The van der Waals surface area contributed by atoms with Crippen molar-refractivity contribution in [3.8, 4) is 0 Å². The van der Waals surface area contributed by atoms with Crippen LogP contribution in [-0.4, -0.2) is 37.4 Å². The quantitative estimate of drug-likeness (QED) is 0.784. The highest BCUT2D eigenvalue weighted by molar-refractivity contribution is 5.67. The van der Waals surface area contributed by atoms with Crippen molar-refractivity contribution in [3.05, 3.63) is 35.9 Å². The highest BCUT2D eigenvalue weighted by Crippen LogP contribution is 2.00. The Hall–Kier alpha value is -1.59. The summed E-state index contributed by atoms with van der Waals surface area (Å²) < 4.78 is 4.87. The van der Waals surface area contributed by atoms with Gasteiger partial charge in [0.2, 0.25) is 0 Å². The van der Waals surface area contributed by atoms with Gasteiger partial charge < -0.3 is 20.5 Å². The topological polar surface area (TPSA) is 70.6 Å². The molecular formula is C15H24N2O3. The summed E-state index contributed by atoms with van der Waals surface area (Å²) in [5.41, 5.74) is 0.937. The number of hydrogen-bond acceptors (Lipinski definition) is 4. The third kappa shape index (κ3) is 8.50. The number of aliphatic hydroxyl groups excluding tert-OH is 1. The summed E-state index contributed by atoms with van der Waals surface area (Å²) in [6, 6.07) is 9.41. The second kappa shape index (κ2) is 11.3. The van der Waals surface area contributed by atoms with Crippen LogP contribution in [0.5, 0.6) is 0 Å². The molecule has 1 aromatic rings. The normalized spacial score (nSPS) is 13.8. The first-order valence-corrected chi connectivity index (χ1v) is 7.09. The van der Waals surface area contributed by atoms with E-state index in [9.17, 15) is 4.79 Å². The number of carbonyl (C=O) groups is 1. The van der Waals surface area contributed by atoms with Crippen molar-refractivity contribution in [2.75, 3.05) is 26.2 Å². The number of alkyl carbamates (subject to hydrolysis) is 1. The van der Waals surface area contributed by atoms with Crippen LogP contribution in [0.1, 0.15) is 24.8 Å². The van der Waals surface area contributed by atoms with E-state index in [-0.39, 0.29) is 19.8 Å². The van der Waals surface area contributed by atoms with E-state index < -0.39 is 6.09 Å². The van der Waals surface area contributed by atoms with E-state index in [0.717, 1.165) is 5.56 Å². The van der Waals surface area contributed by atoms with Crippen molar-refractivity contribution in [2.24, 2.45) is 0 Å². The molecule has 1 heterocycles. The standard InChI is InChI=1S/C10H13NO3.C5H11N/c12-7-6-11-10(13)14-8-9-4-2-1-3-5-9;1-2-4-6-5-3-1/h1-5,12H,6-8H2,(H,11,13);6H,1-5H2. The number of aliphatic hydroxyl groups is 1. The summed E-state index contributed by atoms with van der Waals surface area (Å²) in [4.78, 5) is 10.9. The van der Waals surface area contributed by atoms with Crippen LogP contribution in [0.4, 0.5) is 4.79 Å². The highest BCUT2D eigenvalue weighted by atomic mass is 16.5. The molecule has 2 rings (SSSR count). The van der Waals surface area contributed by atoms with Gasteiger partial charge in [-0.1, -0.05) is 36.8 Å². The number of carbonyl (C=O) groups excluding carboxylic acids is 1. The monoisotopic (exact) mass is 280 g/mol. The number of amides is 1. The van der Waals surface area contributed by atoms with E-state index in [1.807, 2.05) is 30.3 Å². The Morgan fingerprint density at radius 1 is 1.20 bits per heavy atom. The molecule has 0 radical (unpaired) electrons. The lowest BCUT2D eigenvalue weighted by molar-refractivity contribution is 0.137. The van der Waals surface area contributed by atoms with Gasteiger partial charge in [-0.25, -0.2) is 4.79 Å². The fourth-order valence-corrected chi connectivity index (χ4v) is 1.73. The summed E-state index contributed by atoms with van der Waals surface area (Å²) >= 11 is 0. The van der Waals surface area contributed by atoms with Gasteiger partial charge in [0.1, 0.15) is 6.61 Å². The van der Waals surface area contributed by atoms with Gasteiger partial charge in [0.25, 0.3) is 0 Å². The molecule has 0 aliphatic carbocycles. The second-order valence-electron chi connectivity index (χ2n) is 4.52. The first-order valence-electron chi connectivity index (χ1n) is 7.09. The van der Waals surface area contributed by atoms with E-state index in [1.165, 1.54) is 32.4 Å². The minimum absolute atomic E-state index is 0.0829. The molecule has 0 bridgehead atoms. The second-order valence-corrected chi connectivity index (χ2v) is 4.52. The van der Waals surface area contributed by atoms with Crippen LogP contribution < -0.4 is 10.6 Å². The van der Waals surface area contributed by atoms with Crippen LogP contribution in [0.15, 0.2) is 30.3 Å². The third-order valence-corrected chi connectivity index (χ3v) is 2.80. The fourth-order valence-electron chi connectivity index (χ4n) is 1.73. The van der Waals surface area contributed by atoms with Crippen LogP contribution in [-0.2, 0) is 11.3 Å². The highest BCUT2D eigenvalue weighted by Gasteiger charge is 2.00. The zero-order valence-corrected chi connectivity index (χ0v) is 11.8. The summed E-state index contributed by atoms with van der Waals surface area (Å²) in [5.74, 6) is 0. The van der Waals surface area contributed by atoms with Crippen LogP contribution in [0, 0.1) is 0 Å². The van der Waals surface area contributed by atoms with E-state index in [4.69, 9.17) is 9.84 Å². The largest absolute Gasteiger partial charge is 0.445 e. The third-order valence-electron chi connectivity index (χ3n) is 2.80. The van der Waals surface area contributed by atoms with Gasteiger partial charge in [0, 0.05) is 6.54 Å². The van der Waals surface area contributed by atoms with Crippen molar-refractivity contribution in [2.45, 2.75) is 25.9 Å². The van der Waals surface area contributed by atoms with Crippen molar-refractivity contribution < 1.29 is 14.6 Å². The predicted molar refractivity (Wildman–Crippen MR) is 78.4 cm³/mol. The van der Waals surface area contributed by atoms with Crippen LogP contribution in [0.2, 0.25) is 0 Å². The van der Waals surface area contributed by atoms with Gasteiger partial charge in [-0.2, -0.15) is 0 Å². The molecule has 0 saturated carbocycles. The molecule has 1 fully saturated rings.